The van der Waals surface area contributed by atoms with E-state index < -0.39 is 0 Å². The normalized spacial score (nSPS) is 10.5. The SMILES string of the molecule is O=C(/C=C/Nc1ccccc1Cl)c1ccncc1. The summed E-state index contributed by atoms with van der Waals surface area (Å²) in [5.74, 6) is -0.0862. The van der Waals surface area contributed by atoms with Gasteiger partial charge in [0.05, 0.1) is 10.7 Å². The number of anilines is 1. The molecule has 0 radical (unpaired) electrons. The number of nitrogens with one attached hydrogen (secondary N) is 1. The summed E-state index contributed by atoms with van der Waals surface area (Å²) in [7, 11) is 0. The molecule has 0 aliphatic rings. The van der Waals surface area contributed by atoms with Crippen molar-refractivity contribution in [3.8, 4) is 0 Å². The average Bonchev–Trinajstić information content (AvgIpc) is 2.42. The molecule has 0 spiro atoms. The van der Waals surface area contributed by atoms with Gasteiger partial charge in [0.2, 0.25) is 0 Å². The van der Waals surface area contributed by atoms with Crippen LogP contribution in [0.5, 0.6) is 0 Å². The number of benzene rings is 1. The lowest BCUT2D eigenvalue weighted by Crippen LogP contribution is -1.96. The molecule has 1 heterocycles. The number of carbonyl (C=O) groups excluding carboxylic acids is 1. The van der Waals surface area contributed by atoms with Crippen molar-refractivity contribution in [3.63, 3.8) is 0 Å². The monoisotopic (exact) mass is 258 g/mol. The minimum Gasteiger partial charge on any atom is -0.360 e. The fourth-order valence-electron chi connectivity index (χ4n) is 1.40. The number of allylic oxidation sites excluding steroid dienone is 1. The van der Waals surface area contributed by atoms with Crippen molar-refractivity contribution < 1.29 is 4.79 Å². The van der Waals surface area contributed by atoms with E-state index in [0.29, 0.717) is 10.6 Å². The van der Waals surface area contributed by atoms with Crippen molar-refractivity contribution in [2.45, 2.75) is 0 Å². The highest BCUT2D eigenvalue weighted by molar-refractivity contribution is 6.33. The molecule has 2 aromatic rings. The van der Waals surface area contributed by atoms with Gasteiger partial charge in [0.15, 0.2) is 5.78 Å². The predicted octanol–water partition coefficient (Wildman–Crippen LogP) is 3.54. The van der Waals surface area contributed by atoms with Gasteiger partial charge in [0.1, 0.15) is 0 Å². The van der Waals surface area contributed by atoms with Crippen molar-refractivity contribution in [3.05, 3.63) is 71.7 Å². The molecule has 0 fully saturated rings. The average molecular weight is 259 g/mol. The Morgan fingerprint density at radius 3 is 2.61 bits per heavy atom. The lowest BCUT2D eigenvalue weighted by Gasteiger charge is -2.02. The molecule has 0 bridgehead atoms. The zero-order chi connectivity index (χ0) is 12.8. The third kappa shape index (κ3) is 3.18. The van der Waals surface area contributed by atoms with Gasteiger partial charge in [0.25, 0.3) is 0 Å². The zero-order valence-corrected chi connectivity index (χ0v) is 10.3. The van der Waals surface area contributed by atoms with Crippen LogP contribution in [0.25, 0.3) is 0 Å². The first-order valence-corrected chi connectivity index (χ1v) is 5.77. The number of pyridine rings is 1. The van der Waals surface area contributed by atoms with Crippen LogP contribution in [0.3, 0.4) is 0 Å². The molecule has 1 N–H and O–H groups in total. The highest BCUT2D eigenvalue weighted by atomic mass is 35.5. The maximum absolute atomic E-state index is 11.7. The summed E-state index contributed by atoms with van der Waals surface area (Å²) in [6, 6.07) is 10.7. The molecular formula is C14H11ClN2O. The van der Waals surface area contributed by atoms with Crippen LogP contribution in [0, 0.1) is 0 Å². The van der Waals surface area contributed by atoms with Crippen LogP contribution in [0.4, 0.5) is 5.69 Å². The van der Waals surface area contributed by atoms with Crippen molar-refractivity contribution in [1.82, 2.24) is 4.98 Å². The van der Waals surface area contributed by atoms with E-state index in [9.17, 15) is 4.79 Å². The fraction of sp³-hybridized carbons (Fsp3) is 0. The van der Waals surface area contributed by atoms with E-state index in [-0.39, 0.29) is 5.78 Å². The minimum absolute atomic E-state index is 0.0862. The molecule has 0 amide bonds. The van der Waals surface area contributed by atoms with E-state index in [2.05, 4.69) is 10.3 Å². The molecule has 18 heavy (non-hydrogen) atoms. The first-order valence-electron chi connectivity index (χ1n) is 5.39. The number of ketones is 1. The van der Waals surface area contributed by atoms with Gasteiger partial charge >= 0.3 is 0 Å². The van der Waals surface area contributed by atoms with Crippen molar-refractivity contribution in [2.75, 3.05) is 5.32 Å². The van der Waals surface area contributed by atoms with Gasteiger partial charge in [-0.05, 0) is 24.3 Å². The predicted molar refractivity (Wildman–Crippen MR) is 72.8 cm³/mol. The second-order valence-electron chi connectivity index (χ2n) is 3.56. The third-order valence-corrected chi connectivity index (χ3v) is 2.64. The van der Waals surface area contributed by atoms with Gasteiger partial charge in [-0.1, -0.05) is 23.7 Å². The largest absolute Gasteiger partial charge is 0.360 e. The molecule has 4 heteroatoms. The first-order chi connectivity index (χ1) is 8.77. The molecule has 0 aliphatic heterocycles. The summed E-state index contributed by atoms with van der Waals surface area (Å²) >= 11 is 5.97. The van der Waals surface area contributed by atoms with Crippen LogP contribution in [0.2, 0.25) is 5.02 Å². The number of carbonyl (C=O) groups is 1. The molecular weight excluding hydrogens is 248 g/mol. The lowest BCUT2D eigenvalue weighted by molar-refractivity contribution is 0.104. The number of para-hydroxylation sites is 1. The summed E-state index contributed by atoms with van der Waals surface area (Å²) < 4.78 is 0. The Hall–Kier alpha value is -2.13. The van der Waals surface area contributed by atoms with Gasteiger partial charge in [-0.25, -0.2) is 0 Å². The van der Waals surface area contributed by atoms with E-state index in [1.807, 2.05) is 18.2 Å². The van der Waals surface area contributed by atoms with Gasteiger partial charge in [0, 0.05) is 30.2 Å². The van der Waals surface area contributed by atoms with Gasteiger partial charge in [-0.15, -0.1) is 0 Å². The van der Waals surface area contributed by atoms with Gasteiger partial charge in [-0.2, -0.15) is 0 Å². The van der Waals surface area contributed by atoms with Crippen LogP contribution < -0.4 is 5.32 Å². The highest BCUT2D eigenvalue weighted by Gasteiger charge is 2.00. The summed E-state index contributed by atoms with van der Waals surface area (Å²) in [5.41, 5.74) is 1.36. The Kier molecular flexibility index (Phi) is 4.10. The van der Waals surface area contributed by atoms with E-state index in [4.69, 9.17) is 11.6 Å². The summed E-state index contributed by atoms with van der Waals surface area (Å²) in [4.78, 5) is 15.6. The van der Waals surface area contributed by atoms with Gasteiger partial charge < -0.3 is 5.32 Å². The quantitative estimate of drug-likeness (QED) is 0.674. The first kappa shape index (κ1) is 12.3. The number of rotatable bonds is 4. The molecule has 0 saturated heterocycles. The number of hydrogen-bond donors (Lipinski definition) is 1. The molecule has 1 aromatic carbocycles. The Morgan fingerprint density at radius 2 is 1.89 bits per heavy atom. The maximum Gasteiger partial charge on any atom is 0.187 e. The Balaban J connectivity index is 2.01. The fourth-order valence-corrected chi connectivity index (χ4v) is 1.59. The van der Waals surface area contributed by atoms with Crippen LogP contribution >= 0.6 is 11.6 Å². The Labute approximate surface area is 110 Å². The molecule has 0 unspecified atom stereocenters. The second-order valence-corrected chi connectivity index (χ2v) is 3.96. The third-order valence-electron chi connectivity index (χ3n) is 2.31. The van der Waals surface area contributed by atoms with Crippen LogP contribution in [0.15, 0.2) is 61.1 Å². The minimum atomic E-state index is -0.0862. The second kappa shape index (κ2) is 5.98. The lowest BCUT2D eigenvalue weighted by atomic mass is 10.2. The summed E-state index contributed by atoms with van der Waals surface area (Å²) in [5, 5.41) is 3.57. The maximum atomic E-state index is 11.7. The van der Waals surface area contributed by atoms with Crippen LogP contribution in [-0.2, 0) is 0 Å². The van der Waals surface area contributed by atoms with Crippen molar-refractivity contribution in [1.29, 1.82) is 0 Å². The van der Waals surface area contributed by atoms with E-state index in [1.165, 1.54) is 6.08 Å². The summed E-state index contributed by atoms with van der Waals surface area (Å²) in [6.45, 7) is 0. The van der Waals surface area contributed by atoms with Gasteiger partial charge in [-0.3, -0.25) is 9.78 Å². The number of nitrogens with zero attached hydrogens (tertiary/aromatic N) is 1. The smallest absolute Gasteiger partial charge is 0.187 e. The zero-order valence-electron chi connectivity index (χ0n) is 9.51. The molecule has 1 aromatic heterocycles. The highest BCUT2D eigenvalue weighted by Crippen LogP contribution is 2.20. The molecule has 90 valence electrons. The van der Waals surface area contributed by atoms with Crippen molar-refractivity contribution in [2.24, 2.45) is 0 Å². The van der Waals surface area contributed by atoms with E-state index in [0.717, 1.165) is 5.69 Å². The Morgan fingerprint density at radius 1 is 1.17 bits per heavy atom. The van der Waals surface area contributed by atoms with E-state index >= 15 is 0 Å². The molecule has 2 rings (SSSR count). The number of halogens is 1. The standard InChI is InChI=1S/C14H11ClN2O/c15-12-3-1-2-4-13(12)17-10-7-14(18)11-5-8-16-9-6-11/h1-10,17H/b10-7+. The van der Waals surface area contributed by atoms with Crippen molar-refractivity contribution >= 4 is 23.1 Å². The summed E-state index contributed by atoms with van der Waals surface area (Å²) in [6.07, 6.45) is 6.20. The molecule has 3 nitrogen and oxygen atoms in total. The Bertz CT molecular complexity index is 567. The molecule has 0 aliphatic carbocycles. The number of aromatic nitrogens is 1. The topological polar surface area (TPSA) is 42.0 Å². The number of hydrogen-bond acceptors (Lipinski definition) is 3. The van der Waals surface area contributed by atoms with Crippen LogP contribution in [0.1, 0.15) is 10.4 Å². The van der Waals surface area contributed by atoms with Crippen LogP contribution in [-0.4, -0.2) is 10.8 Å². The molecule has 0 saturated carbocycles. The van der Waals surface area contributed by atoms with E-state index in [1.54, 1.807) is 36.8 Å². The molecule has 0 atom stereocenters.